The maximum atomic E-state index is 12.2. The number of hydrogen-bond donors (Lipinski definition) is 2. The summed E-state index contributed by atoms with van der Waals surface area (Å²) in [6.07, 6.45) is 0.941. The first-order valence-electron chi connectivity index (χ1n) is 6.62. The summed E-state index contributed by atoms with van der Waals surface area (Å²) in [5, 5.41) is 2.44. The molecule has 9 heteroatoms. The minimum atomic E-state index is -3.59. The Balaban J connectivity index is 2.83. The summed E-state index contributed by atoms with van der Waals surface area (Å²) in [6.45, 7) is 4.75. The van der Waals surface area contributed by atoms with Crippen LogP contribution in [0.15, 0.2) is 6.07 Å². The van der Waals surface area contributed by atoms with E-state index in [4.69, 9.17) is 9.47 Å². The molecule has 1 heterocycles. The van der Waals surface area contributed by atoms with Gasteiger partial charge in [0, 0.05) is 6.54 Å². The Labute approximate surface area is 125 Å². The maximum absolute atomic E-state index is 12.2. The van der Waals surface area contributed by atoms with Crippen LogP contribution in [0.2, 0.25) is 0 Å². The zero-order valence-electron chi connectivity index (χ0n) is 12.7. The van der Waals surface area contributed by atoms with Gasteiger partial charge in [-0.2, -0.15) is 9.97 Å². The predicted molar refractivity (Wildman–Crippen MR) is 80.3 cm³/mol. The largest absolute Gasteiger partial charge is 0.481 e. The van der Waals surface area contributed by atoms with E-state index in [-0.39, 0.29) is 17.7 Å². The van der Waals surface area contributed by atoms with Gasteiger partial charge in [-0.25, -0.2) is 8.42 Å². The van der Waals surface area contributed by atoms with Gasteiger partial charge in [-0.15, -0.1) is 0 Å². The van der Waals surface area contributed by atoms with Crippen molar-refractivity contribution in [3.8, 4) is 11.8 Å². The number of nitrogens with zero attached hydrogens (tertiary/aromatic N) is 2. The highest BCUT2D eigenvalue weighted by Gasteiger charge is 2.22. The van der Waals surface area contributed by atoms with Crippen LogP contribution in [-0.4, -0.2) is 50.9 Å². The molecule has 0 aliphatic heterocycles. The van der Waals surface area contributed by atoms with Gasteiger partial charge in [0.1, 0.15) is 0 Å². The van der Waals surface area contributed by atoms with Gasteiger partial charge < -0.3 is 14.8 Å². The predicted octanol–water partition coefficient (Wildman–Crippen LogP) is 0.624. The van der Waals surface area contributed by atoms with Crippen LogP contribution in [0.1, 0.15) is 20.3 Å². The molecule has 1 rings (SSSR count). The van der Waals surface area contributed by atoms with Crippen LogP contribution in [0.4, 0.5) is 5.95 Å². The van der Waals surface area contributed by atoms with E-state index in [1.807, 2.05) is 6.92 Å². The van der Waals surface area contributed by atoms with E-state index >= 15 is 0 Å². The lowest BCUT2D eigenvalue weighted by molar-refractivity contribution is 0.373. The molecule has 1 atom stereocenters. The van der Waals surface area contributed by atoms with Crippen LogP contribution in [0.3, 0.4) is 0 Å². The topological polar surface area (TPSA) is 102 Å². The smallest absolute Gasteiger partial charge is 0.243 e. The summed E-state index contributed by atoms with van der Waals surface area (Å²) in [5.41, 5.74) is 0. The number of nitrogens with one attached hydrogen (secondary N) is 2. The van der Waals surface area contributed by atoms with Gasteiger partial charge >= 0.3 is 0 Å². The van der Waals surface area contributed by atoms with E-state index in [1.54, 1.807) is 6.92 Å². The minimum Gasteiger partial charge on any atom is -0.481 e. The average Bonchev–Trinajstić information content (AvgIpc) is 2.46. The number of ether oxygens (including phenoxy) is 2. The molecule has 2 N–H and O–H groups in total. The minimum absolute atomic E-state index is 0.0754. The normalized spacial score (nSPS) is 12.8. The molecule has 8 nitrogen and oxygen atoms in total. The van der Waals surface area contributed by atoms with Gasteiger partial charge in [-0.3, -0.25) is 4.72 Å². The molecule has 0 amide bonds. The molecule has 1 aromatic heterocycles. The molecule has 0 spiro atoms. The third-order valence-electron chi connectivity index (χ3n) is 2.72. The lowest BCUT2D eigenvalue weighted by atomic mass is 10.4. The van der Waals surface area contributed by atoms with Crippen molar-refractivity contribution in [1.29, 1.82) is 0 Å². The molecule has 0 aromatic carbocycles. The summed E-state index contributed by atoms with van der Waals surface area (Å²) in [4.78, 5) is 7.88. The Morgan fingerprint density at radius 2 is 1.81 bits per heavy atom. The van der Waals surface area contributed by atoms with Crippen molar-refractivity contribution in [1.82, 2.24) is 15.3 Å². The van der Waals surface area contributed by atoms with Crippen molar-refractivity contribution in [3.63, 3.8) is 0 Å². The Kier molecular flexibility index (Phi) is 6.63. The molecule has 0 aliphatic rings. The SMILES string of the molecule is CCCNCC(C)S(=O)(=O)Nc1nc(OC)cc(OC)n1. The molecule has 0 bridgehead atoms. The van der Waals surface area contributed by atoms with E-state index in [0.717, 1.165) is 13.0 Å². The second kappa shape index (κ2) is 7.99. The van der Waals surface area contributed by atoms with Gasteiger partial charge in [-0.1, -0.05) is 6.92 Å². The molecule has 0 aliphatic carbocycles. The molecule has 0 saturated heterocycles. The van der Waals surface area contributed by atoms with Crippen LogP contribution in [0.5, 0.6) is 11.8 Å². The fourth-order valence-corrected chi connectivity index (χ4v) is 2.36. The van der Waals surface area contributed by atoms with Crippen molar-refractivity contribution >= 4 is 16.0 Å². The van der Waals surface area contributed by atoms with Gasteiger partial charge in [0.25, 0.3) is 0 Å². The summed E-state index contributed by atoms with van der Waals surface area (Å²) in [5.74, 6) is 0.362. The van der Waals surface area contributed by atoms with Gasteiger partial charge in [-0.05, 0) is 19.9 Å². The van der Waals surface area contributed by atoms with E-state index in [0.29, 0.717) is 6.54 Å². The fraction of sp³-hybridized carbons (Fsp3) is 0.667. The number of methoxy groups -OCH3 is 2. The molecule has 0 saturated carbocycles. The van der Waals surface area contributed by atoms with Gasteiger partial charge in [0.05, 0.1) is 25.5 Å². The Bertz CT molecular complexity index is 528. The standard InChI is InChI=1S/C12H22N4O4S/c1-5-6-13-8-9(2)21(17,18)16-12-14-10(19-3)7-11(15-12)20-4/h7,9,13H,5-6,8H2,1-4H3,(H,14,15,16). The first kappa shape index (κ1) is 17.4. The first-order chi connectivity index (χ1) is 9.92. The van der Waals surface area contributed by atoms with E-state index in [1.165, 1.54) is 20.3 Å². The van der Waals surface area contributed by atoms with Gasteiger partial charge in [0.2, 0.25) is 27.7 Å². The van der Waals surface area contributed by atoms with Crippen LogP contribution in [0.25, 0.3) is 0 Å². The lowest BCUT2D eigenvalue weighted by Gasteiger charge is -2.15. The van der Waals surface area contributed by atoms with Gasteiger partial charge in [0.15, 0.2) is 0 Å². The fourth-order valence-electron chi connectivity index (χ4n) is 1.48. The Morgan fingerprint density at radius 3 is 2.29 bits per heavy atom. The summed E-state index contributed by atoms with van der Waals surface area (Å²) in [6, 6.07) is 1.46. The van der Waals surface area contributed by atoms with E-state index in [2.05, 4.69) is 20.0 Å². The molecule has 1 aromatic rings. The highest BCUT2D eigenvalue weighted by Crippen LogP contribution is 2.18. The highest BCUT2D eigenvalue weighted by molar-refractivity contribution is 7.93. The molecule has 21 heavy (non-hydrogen) atoms. The monoisotopic (exact) mass is 318 g/mol. The second-order valence-corrected chi connectivity index (χ2v) is 6.54. The van der Waals surface area contributed by atoms with E-state index in [9.17, 15) is 8.42 Å². The zero-order chi connectivity index (χ0) is 15.9. The molecule has 1 unspecified atom stereocenters. The molecule has 0 radical (unpaired) electrons. The first-order valence-corrected chi connectivity index (χ1v) is 8.17. The number of hydrogen-bond acceptors (Lipinski definition) is 7. The third kappa shape index (κ3) is 5.35. The van der Waals surface area contributed by atoms with Crippen molar-refractivity contribution in [2.75, 3.05) is 32.0 Å². The maximum Gasteiger partial charge on any atom is 0.243 e. The number of rotatable bonds is 9. The zero-order valence-corrected chi connectivity index (χ0v) is 13.5. The summed E-state index contributed by atoms with van der Waals surface area (Å²) in [7, 11) is -0.737. The molecular formula is C12H22N4O4S. The summed E-state index contributed by atoms with van der Waals surface area (Å²) < 4.78 is 36.7. The highest BCUT2D eigenvalue weighted by atomic mass is 32.2. The second-order valence-electron chi connectivity index (χ2n) is 4.44. The van der Waals surface area contributed by atoms with Crippen molar-refractivity contribution in [3.05, 3.63) is 6.07 Å². The summed E-state index contributed by atoms with van der Waals surface area (Å²) >= 11 is 0. The average molecular weight is 318 g/mol. The molecular weight excluding hydrogens is 296 g/mol. The van der Waals surface area contributed by atoms with E-state index < -0.39 is 15.3 Å². The van der Waals surface area contributed by atoms with Crippen LogP contribution in [-0.2, 0) is 10.0 Å². The molecule has 0 fully saturated rings. The van der Waals surface area contributed by atoms with Crippen LogP contribution >= 0.6 is 0 Å². The lowest BCUT2D eigenvalue weighted by Crippen LogP contribution is -2.35. The van der Waals surface area contributed by atoms with Crippen molar-refractivity contribution < 1.29 is 17.9 Å². The Morgan fingerprint density at radius 1 is 1.24 bits per heavy atom. The number of sulfonamides is 1. The quantitative estimate of drug-likeness (QED) is 0.643. The molecule has 120 valence electrons. The van der Waals surface area contributed by atoms with Crippen molar-refractivity contribution in [2.45, 2.75) is 25.5 Å². The van der Waals surface area contributed by atoms with Crippen LogP contribution in [0, 0.1) is 0 Å². The van der Waals surface area contributed by atoms with Crippen LogP contribution < -0.4 is 19.5 Å². The number of aromatic nitrogens is 2. The Hall–Kier alpha value is -1.61. The number of anilines is 1. The van der Waals surface area contributed by atoms with Crippen molar-refractivity contribution in [2.24, 2.45) is 0 Å². The third-order valence-corrected chi connectivity index (χ3v) is 4.41.